The molecule has 0 aromatic heterocycles. The largest absolute Gasteiger partial charge is 0.507 e. The van der Waals surface area contributed by atoms with Gasteiger partial charge in [-0.05, 0) is 52.4 Å². The minimum atomic E-state index is 0.233. The third-order valence-electron chi connectivity index (χ3n) is 2.34. The normalized spacial score (nSPS) is 10.9. The summed E-state index contributed by atoms with van der Waals surface area (Å²) in [5.74, 6) is 0.233. The fourth-order valence-corrected chi connectivity index (χ4v) is 2.20. The summed E-state index contributed by atoms with van der Waals surface area (Å²) in [5, 5.41) is 10.3. The summed E-state index contributed by atoms with van der Waals surface area (Å²) in [5.41, 5.74) is 1.84. The molecule has 0 radical (unpaired) electrons. The van der Waals surface area contributed by atoms with Gasteiger partial charge in [0.05, 0.1) is 0 Å². The third-order valence-corrected chi connectivity index (χ3v) is 3.55. The lowest BCUT2D eigenvalue weighted by Gasteiger charge is -2.00. The zero-order chi connectivity index (χ0) is 12.3. The molecular weight excluding hydrogens is 347 g/mol. The molecule has 0 amide bonds. The summed E-state index contributed by atoms with van der Waals surface area (Å²) in [6.45, 7) is 0. The van der Waals surface area contributed by atoms with Gasteiger partial charge in [0.1, 0.15) is 5.75 Å². The molecule has 0 atom stereocenters. The van der Waals surface area contributed by atoms with Gasteiger partial charge in [0, 0.05) is 14.2 Å². The van der Waals surface area contributed by atoms with Gasteiger partial charge < -0.3 is 5.11 Å². The molecule has 17 heavy (non-hydrogen) atoms. The Balaban J connectivity index is 2.32. The number of phenolic OH excluding ortho intramolecular Hbond substituents is 1. The van der Waals surface area contributed by atoms with E-state index in [1.54, 1.807) is 18.2 Å². The molecule has 0 aliphatic rings. The summed E-state index contributed by atoms with van der Waals surface area (Å²) in [4.78, 5) is 0. The molecular formula is C14H10ClIO. The van der Waals surface area contributed by atoms with Gasteiger partial charge in [-0.3, -0.25) is 0 Å². The summed E-state index contributed by atoms with van der Waals surface area (Å²) in [6.07, 6.45) is 3.83. The van der Waals surface area contributed by atoms with E-state index < -0.39 is 0 Å². The summed E-state index contributed by atoms with van der Waals surface area (Å²) in [7, 11) is 0. The highest BCUT2D eigenvalue weighted by atomic mass is 127. The first-order valence-corrected chi connectivity index (χ1v) is 6.53. The van der Waals surface area contributed by atoms with Gasteiger partial charge in [-0.15, -0.1) is 0 Å². The Kier molecular flexibility index (Phi) is 4.07. The van der Waals surface area contributed by atoms with Gasteiger partial charge in [-0.1, -0.05) is 42.0 Å². The zero-order valence-corrected chi connectivity index (χ0v) is 11.8. The Hall–Kier alpha value is -1.000. The monoisotopic (exact) mass is 356 g/mol. The van der Waals surface area contributed by atoms with E-state index in [1.807, 2.05) is 36.4 Å². The van der Waals surface area contributed by atoms with Gasteiger partial charge in [0.15, 0.2) is 0 Å². The molecule has 2 aromatic rings. The maximum atomic E-state index is 9.67. The number of hydrogen-bond acceptors (Lipinski definition) is 1. The van der Waals surface area contributed by atoms with Crippen molar-refractivity contribution in [2.45, 2.75) is 0 Å². The Labute approximate surface area is 119 Å². The van der Waals surface area contributed by atoms with E-state index in [2.05, 4.69) is 22.6 Å². The van der Waals surface area contributed by atoms with Crippen molar-refractivity contribution in [1.29, 1.82) is 0 Å². The molecule has 2 aromatic carbocycles. The van der Waals surface area contributed by atoms with E-state index in [1.165, 1.54) is 3.57 Å². The molecule has 3 heteroatoms. The molecule has 0 heterocycles. The first-order valence-electron chi connectivity index (χ1n) is 5.08. The van der Waals surface area contributed by atoms with E-state index >= 15 is 0 Å². The van der Waals surface area contributed by atoms with E-state index in [0.717, 1.165) is 11.1 Å². The van der Waals surface area contributed by atoms with Crippen LogP contribution in [-0.2, 0) is 0 Å². The van der Waals surface area contributed by atoms with Gasteiger partial charge in [0.2, 0.25) is 0 Å². The smallest absolute Gasteiger partial charge is 0.122 e. The van der Waals surface area contributed by atoms with E-state index in [9.17, 15) is 5.11 Å². The van der Waals surface area contributed by atoms with E-state index in [-0.39, 0.29) is 5.75 Å². The highest BCUT2D eigenvalue weighted by Gasteiger charge is 1.99. The highest BCUT2D eigenvalue weighted by molar-refractivity contribution is 14.1. The second-order valence-corrected chi connectivity index (χ2v) is 5.16. The summed E-state index contributed by atoms with van der Waals surface area (Å²) >= 11 is 8.16. The van der Waals surface area contributed by atoms with Crippen LogP contribution in [-0.4, -0.2) is 5.11 Å². The third kappa shape index (κ3) is 3.23. The van der Waals surface area contributed by atoms with Crippen LogP contribution in [0, 0.1) is 3.57 Å². The van der Waals surface area contributed by atoms with Crippen molar-refractivity contribution in [3.05, 3.63) is 62.2 Å². The molecule has 1 nitrogen and oxygen atoms in total. The van der Waals surface area contributed by atoms with Crippen LogP contribution in [0.25, 0.3) is 12.2 Å². The van der Waals surface area contributed by atoms with Crippen molar-refractivity contribution in [1.82, 2.24) is 0 Å². The first kappa shape index (κ1) is 12.5. The number of phenols is 1. The van der Waals surface area contributed by atoms with Gasteiger partial charge in [-0.2, -0.15) is 0 Å². The number of benzene rings is 2. The van der Waals surface area contributed by atoms with Crippen LogP contribution in [0.15, 0.2) is 42.5 Å². The van der Waals surface area contributed by atoms with Crippen LogP contribution >= 0.6 is 34.2 Å². The Morgan fingerprint density at radius 3 is 2.47 bits per heavy atom. The van der Waals surface area contributed by atoms with Crippen molar-refractivity contribution in [2.24, 2.45) is 0 Å². The molecule has 0 bridgehead atoms. The predicted molar refractivity (Wildman–Crippen MR) is 81.2 cm³/mol. The fraction of sp³-hybridized carbons (Fsp3) is 0. The number of rotatable bonds is 2. The highest BCUT2D eigenvalue weighted by Crippen LogP contribution is 2.24. The molecule has 0 saturated heterocycles. The van der Waals surface area contributed by atoms with Crippen LogP contribution in [0.3, 0.4) is 0 Å². The molecule has 0 saturated carbocycles. The molecule has 2 rings (SSSR count). The minimum absolute atomic E-state index is 0.233. The average molecular weight is 357 g/mol. The maximum absolute atomic E-state index is 9.67. The Bertz CT molecular complexity index is 564. The average Bonchev–Trinajstić information content (AvgIpc) is 2.32. The zero-order valence-electron chi connectivity index (χ0n) is 8.90. The van der Waals surface area contributed by atoms with Crippen LogP contribution < -0.4 is 0 Å². The molecule has 0 aliphatic carbocycles. The lowest BCUT2D eigenvalue weighted by atomic mass is 10.1. The van der Waals surface area contributed by atoms with Crippen LogP contribution in [0.5, 0.6) is 5.75 Å². The fourth-order valence-electron chi connectivity index (χ4n) is 1.45. The topological polar surface area (TPSA) is 20.2 Å². The standard InChI is InChI=1S/C14H10ClIO/c15-12-7-8-14(17)11(9-12)6-5-10-3-1-2-4-13(10)16/h1-9,17H. The molecule has 1 N–H and O–H groups in total. The number of aromatic hydroxyl groups is 1. The van der Waals surface area contributed by atoms with Crippen LogP contribution in [0.4, 0.5) is 0 Å². The van der Waals surface area contributed by atoms with Gasteiger partial charge in [0.25, 0.3) is 0 Å². The van der Waals surface area contributed by atoms with Crippen LogP contribution in [0.2, 0.25) is 5.02 Å². The second kappa shape index (κ2) is 5.56. The molecule has 0 aliphatic heterocycles. The molecule has 0 fully saturated rings. The van der Waals surface area contributed by atoms with Gasteiger partial charge in [-0.25, -0.2) is 0 Å². The van der Waals surface area contributed by atoms with Crippen molar-refractivity contribution >= 4 is 46.3 Å². The number of hydrogen-bond donors (Lipinski definition) is 1. The van der Waals surface area contributed by atoms with Crippen molar-refractivity contribution in [3.63, 3.8) is 0 Å². The molecule has 86 valence electrons. The second-order valence-electron chi connectivity index (χ2n) is 3.56. The quantitative estimate of drug-likeness (QED) is 0.604. The Morgan fingerprint density at radius 2 is 1.71 bits per heavy atom. The van der Waals surface area contributed by atoms with Gasteiger partial charge >= 0.3 is 0 Å². The molecule has 0 spiro atoms. The van der Waals surface area contributed by atoms with E-state index in [0.29, 0.717) is 5.02 Å². The maximum Gasteiger partial charge on any atom is 0.122 e. The van der Waals surface area contributed by atoms with Crippen LogP contribution in [0.1, 0.15) is 11.1 Å². The van der Waals surface area contributed by atoms with Crippen molar-refractivity contribution < 1.29 is 5.11 Å². The lowest BCUT2D eigenvalue weighted by molar-refractivity contribution is 0.474. The minimum Gasteiger partial charge on any atom is -0.507 e. The summed E-state index contributed by atoms with van der Waals surface area (Å²) in [6, 6.07) is 13.1. The van der Waals surface area contributed by atoms with Crippen molar-refractivity contribution in [3.8, 4) is 5.75 Å². The Morgan fingerprint density at radius 1 is 1.00 bits per heavy atom. The molecule has 0 unspecified atom stereocenters. The first-order chi connectivity index (χ1) is 8.16. The predicted octanol–water partition coefficient (Wildman–Crippen LogP) is 4.82. The van der Waals surface area contributed by atoms with Crippen molar-refractivity contribution in [2.75, 3.05) is 0 Å². The SMILES string of the molecule is Oc1ccc(Cl)cc1C=Cc1ccccc1I. The number of halogens is 2. The lowest BCUT2D eigenvalue weighted by Crippen LogP contribution is -1.78. The van der Waals surface area contributed by atoms with E-state index in [4.69, 9.17) is 11.6 Å². The summed E-state index contributed by atoms with van der Waals surface area (Å²) < 4.78 is 1.17.